The third-order valence-corrected chi connectivity index (χ3v) is 3.41. The van der Waals surface area contributed by atoms with Gasteiger partial charge in [0.2, 0.25) is 0 Å². The van der Waals surface area contributed by atoms with Crippen LogP contribution < -0.4 is 10.9 Å². The first-order valence-electron chi connectivity index (χ1n) is 6.99. The van der Waals surface area contributed by atoms with Crippen molar-refractivity contribution >= 4 is 22.6 Å². The molecule has 114 valence electrons. The molecule has 5 heteroatoms. The van der Waals surface area contributed by atoms with Crippen LogP contribution in [0.25, 0.3) is 10.8 Å². The van der Waals surface area contributed by atoms with Crippen LogP contribution in [-0.4, -0.2) is 11.8 Å². The van der Waals surface area contributed by atoms with Crippen molar-refractivity contribution in [2.75, 3.05) is 0 Å². The van der Waals surface area contributed by atoms with Gasteiger partial charge in [-0.3, -0.25) is 20.4 Å². The summed E-state index contributed by atoms with van der Waals surface area (Å²) in [5.74, 6) is -1.54. The van der Waals surface area contributed by atoms with E-state index in [-0.39, 0.29) is 5.56 Å². The van der Waals surface area contributed by atoms with Crippen molar-refractivity contribution in [2.45, 2.75) is 0 Å². The zero-order valence-corrected chi connectivity index (χ0v) is 12.0. The van der Waals surface area contributed by atoms with E-state index in [1.807, 2.05) is 30.3 Å². The highest BCUT2D eigenvalue weighted by molar-refractivity contribution is 6.07. The van der Waals surface area contributed by atoms with E-state index in [1.165, 1.54) is 18.2 Å². The molecule has 3 aromatic rings. The van der Waals surface area contributed by atoms with Crippen LogP contribution in [0.5, 0.6) is 0 Å². The van der Waals surface area contributed by atoms with Gasteiger partial charge >= 0.3 is 0 Å². The first kappa shape index (κ1) is 14.7. The van der Waals surface area contributed by atoms with Crippen LogP contribution in [-0.2, 0) is 0 Å². The Kier molecular flexibility index (Phi) is 4.01. The molecule has 0 aliphatic heterocycles. The maximum atomic E-state index is 13.1. The minimum absolute atomic E-state index is 0.128. The Morgan fingerprint density at radius 1 is 0.783 bits per heavy atom. The molecular formula is C18H13FN2O2. The van der Waals surface area contributed by atoms with Crippen molar-refractivity contribution in [3.05, 3.63) is 83.7 Å². The summed E-state index contributed by atoms with van der Waals surface area (Å²) in [4.78, 5) is 24.2. The Labute approximate surface area is 131 Å². The summed E-state index contributed by atoms with van der Waals surface area (Å²) >= 11 is 0. The second-order valence-corrected chi connectivity index (χ2v) is 4.95. The van der Waals surface area contributed by atoms with Gasteiger partial charge in [-0.1, -0.05) is 42.5 Å². The zero-order valence-electron chi connectivity index (χ0n) is 12.0. The third-order valence-electron chi connectivity index (χ3n) is 3.41. The summed E-state index contributed by atoms with van der Waals surface area (Å²) in [5, 5.41) is 1.71. The predicted molar refractivity (Wildman–Crippen MR) is 85.3 cm³/mol. The first-order valence-corrected chi connectivity index (χ1v) is 6.99. The second kappa shape index (κ2) is 6.27. The lowest BCUT2D eigenvalue weighted by atomic mass is 10.0. The molecule has 0 aromatic heterocycles. The Hall–Kier alpha value is -3.21. The lowest BCUT2D eigenvalue weighted by molar-refractivity contribution is 0.0847. The van der Waals surface area contributed by atoms with Crippen molar-refractivity contribution in [3.8, 4) is 0 Å². The molecule has 23 heavy (non-hydrogen) atoms. The molecule has 0 aliphatic rings. The number of hydrazine groups is 1. The topological polar surface area (TPSA) is 58.2 Å². The van der Waals surface area contributed by atoms with E-state index in [0.29, 0.717) is 5.56 Å². The van der Waals surface area contributed by atoms with Gasteiger partial charge in [0, 0.05) is 11.1 Å². The molecule has 0 fully saturated rings. The van der Waals surface area contributed by atoms with Crippen LogP contribution in [0.4, 0.5) is 4.39 Å². The van der Waals surface area contributed by atoms with Crippen molar-refractivity contribution in [1.29, 1.82) is 0 Å². The van der Waals surface area contributed by atoms with Crippen molar-refractivity contribution in [2.24, 2.45) is 0 Å². The summed E-state index contributed by atoms with van der Waals surface area (Å²) in [7, 11) is 0. The minimum atomic E-state index is -0.585. The first-order chi connectivity index (χ1) is 11.1. The van der Waals surface area contributed by atoms with Gasteiger partial charge in [-0.15, -0.1) is 0 Å². The molecule has 2 amide bonds. The van der Waals surface area contributed by atoms with E-state index in [2.05, 4.69) is 10.9 Å². The monoisotopic (exact) mass is 308 g/mol. The van der Waals surface area contributed by atoms with E-state index >= 15 is 0 Å². The normalized spacial score (nSPS) is 10.3. The number of hydrogen-bond donors (Lipinski definition) is 2. The lowest BCUT2D eigenvalue weighted by Crippen LogP contribution is -2.41. The SMILES string of the molecule is O=C(NNC(=O)c1cccc2ccccc12)c1cccc(F)c1. The summed E-state index contributed by atoms with van der Waals surface area (Å²) in [5.41, 5.74) is 5.21. The Balaban J connectivity index is 1.75. The highest BCUT2D eigenvalue weighted by atomic mass is 19.1. The largest absolute Gasteiger partial charge is 0.270 e. The van der Waals surface area contributed by atoms with Gasteiger partial charge in [-0.05, 0) is 35.0 Å². The molecule has 0 atom stereocenters. The van der Waals surface area contributed by atoms with Gasteiger partial charge in [0.1, 0.15) is 5.82 Å². The van der Waals surface area contributed by atoms with Crippen LogP contribution in [0.15, 0.2) is 66.7 Å². The maximum Gasteiger partial charge on any atom is 0.270 e. The van der Waals surface area contributed by atoms with Crippen LogP contribution in [0, 0.1) is 5.82 Å². The number of carbonyl (C=O) groups is 2. The fourth-order valence-electron chi connectivity index (χ4n) is 2.31. The Morgan fingerprint density at radius 2 is 1.48 bits per heavy atom. The van der Waals surface area contributed by atoms with Crippen LogP contribution in [0.3, 0.4) is 0 Å². The molecule has 0 unspecified atom stereocenters. The predicted octanol–water partition coefficient (Wildman–Crippen LogP) is 3.05. The Bertz CT molecular complexity index is 888. The van der Waals surface area contributed by atoms with E-state index in [1.54, 1.807) is 12.1 Å². The van der Waals surface area contributed by atoms with Gasteiger partial charge in [-0.2, -0.15) is 0 Å². The number of hydrogen-bond acceptors (Lipinski definition) is 2. The molecule has 0 heterocycles. The second-order valence-electron chi connectivity index (χ2n) is 4.95. The summed E-state index contributed by atoms with van der Waals surface area (Å²) in [6, 6.07) is 18.0. The van der Waals surface area contributed by atoms with Gasteiger partial charge in [0.05, 0.1) is 0 Å². The average molecular weight is 308 g/mol. The molecule has 4 nitrogen and oxygen atoms in total. The number of benzene rings is 3. The van der Waals surface area contributed by atoms with Gasteiger partial charge in [0.25, 0.3) is 11.8 Å². The molecule has 2 N–H and O–H groups in total. The van der Waals surface area contributed by atoms with E-state index in [0.717, 1.165) is 16.8 Å². The highest BCUT2D eigenvalue weighted by Crippen LogP contribution is 2.18. The standard InChI is InChI=1S/C18H13FN2O2/c19-14-8-3-7-13(11-14)17(22)20-21-18(23)16-10-4-6-12-5-1-2-9-15(12)16/h1-11H,(H,20,22)(H,21,23). The van der Waals surface area contributed by atoms with Crippen molar-refractivity contribution in [1.82, 2.24) is 10.9 Å². The molecule has 0 aliphatic carbocycles. The molecule has 0 saturated carbocycles. The molecule has 3 rings (SSSR count). The number of amides is 2. The summed E-state index contributed by atoms with van der Waals surface area (Å²) in [6.07, 6.45) is 0. The number of carbonyl (C=O) groups excluding carboxylic acids is 2. The molecule has 0 bridgehead atoms. The lowest BCUT2D eigenvalue weighted by Gasteiger charge is -2.09. The number of fused-ring (bicyclic) bond motifs is 1. The summed E-state index contributed by atoms with van der Waals surface area (Å²) in [6.45, 7) is 0. The molecule has 3 aromatic carbocycles. The van der Waals surface area contributed by atoms with E-state index in [4.69, 9.17) is 0 Å². The number of nitrogens with one attached hydrogen (secondary N) is 2. The van der Waals surface area contributed by atoms with Crippen LogP contribution in [0.2, 0.25) is 0 Å². The maximum absolute atomic E-state index is 13.1. The highest BCUT2D eigenvalue weighted by Gasteiger charge is 2.11. The number of halogens is 1. The van der Waals surface area contributed by atoms with Gasteiger partial charge in [-0.25, -0.2) is 4.39 Å². The van der Waals surface area contributed by atoms with Crippen molar-refractivity contribution < 1.29 is 14.0 Å². The molecule has 0 spiro atoms. The molecule has 0 radical (unpaired) electrons. The Morgan fingerprint density at radius 3 is 2.30 bits per heavy atom. The number of rotatable bonds is 2. The fourth-order valence-corrected chi connectivity index (χ4v) is 2.31. The summed E-state index contributed by atoms with van der Waals surface area (Å²) < 4.78 is 13.1. The quantitative estimate of drug-likeness (QED) is 0.715. The van der Waals surface area contributed by atoms with Gasteiger partial charge in [0.15, 0.2) is 0 Å². The fraction of sp³-hybridized carbons (Fsp3) is 0. The van der Waals surface area contributed by atoms with Crippen LogP contribution >= 0.6 is 0 Å². The van der Waals surface area contributed by atoms with Gasteiger partial charge < -0.3 is 0 Å². The van der Waals surface area contributed by atoms with Crippen molar-refractivity contribution in [3.63, 3.8) is 0 Å². The minimum Gasteiger partial charge on any atom is -0.267 e. The van der Waals surface area contributed by atoms with E-state index < -0.39 is 17.6 Å². The molecule has 0 saturated heterocycles. The third kappa shape index (κ3) is 3.18. The van der Waals surface area contributed by atoms with E-state index in [9.17, 15) is 14.0 Å². The average Bonchev–Trinajstić information content (AvgIpc) is 2.59. The smallest absolute Gasteiger partial charge is 0.267 e. The molecular weight excluding hydrogens is 295 g/mol. The zero-order chi connectivity index (χ0) is 16.2. The van der Waals surface area contributed by atoms with Crippen LogP contribution in [0.1, 0.15) is 20.7 Å².